The first-order chi connectivity index (χ1) is 8.61. The van der Waals surface area contributed by atoms with Crippen LogP contribution in [0.2, 0.25) is 0 Å². The number of aromatic nitrogens is 1. The Bertz CT molecular complexity index is 383. The third kappa shape index (κ3) is 5.08. The van der Waals surface area contributed by atoms with Crippen LogP contribution >= 0.6 is 0 Å². The molecule has 2 N–H and O–H groups in total. The molecule has 0 bridgehead atoms. The van der Waals surface area contributed by atoms with E-state index in [4.69, 9.17) is 10.2 Å². The molecule has 0 aliphatic heterocycles. The molecule has 1 aromatic heterocycles. The summed E-state index contributed by atoms with van der Waals surface area (Å²) in [7, 11) is 0. The average Bonchev–Trinajstić information content (AvgIpc) is 2.41. The van der Waals surface area contributed by atoms with Crippen LogP contribution in [0.25, 0.3) is 0 Å². The van der Waals surface area contributed by atoms with E-state index in [2.05, 4.69) is 4.98 Å². The van der Waals surface area contributed by atoms with Crippen molar-refractivity contribution in [1.82, 2.24) is 4.98 Å². The molecular weight excluding hydrogens is 226 g/mol. The number of hydrogen-bond acceptors (Lipinski definition) is 3. The van der Waals surface area contributed by atoms with Crippen molar-refractivity contribution < 1.29 is 10.2 Å². The second kappa shape index (κ2) is 7.58. The minimum Gasteiger partial charge on any atom is -0.389 e. The van der Waals surface area contributed by atoms with Crippen LogP contribution in [0.15, 0.2) is 54.7 Å². The Kier molecular flexibility index (Phi) is 6.05. The topological polar surface area (TPSA) is 53.4 Å². The van der Waals surface area contributed by atoms with Crippen molar-refractivity contribution >= 4 is 0 Å². The first-order valence-corrected chi connectivity index (χ1v) is 5.93. The number of aliphatic hydroxyl groups excluding tert-OH is 2. The molecule has 18 heavy (non-hydrogen) atoms. The van der Waals surface area contributed by atoms with Gasteiger partial charge in [0.1, 0.15) is 0 Å². The molecule has 1 aromatic carbocycles. The summed E-state index contributed by atoms with van der Waals surface area (Å²) in [6.07, 6.45) is 0.875. The summed E-state index contributed by atoms with van der Waals surface area (Å²) in [4.78, 5) is 3.93. The van der Waals surface area contributed by atoms with Crippen LogP contribution in [0, 0.1) is 0 Å². The van der Waals surface area contributed by atoms with Gasteiger partial charge in [0.15, 0.2) is 0 Å². The highest BCUT2D eigenvalue weighted by Crippen LogP contribution is 2.09. The lowest BCUT2D eigenvalue weighted by molar-refractivity contribution is 0.194. The van der Waals surface area contributed by atoms with E-state index in [0.717, 1.165) is 11.3 Å². The van der Waals surface area contributed by atoms with Crippen LogP contribution in [-0.4, -0.2) is 15.2 Å². The Balaban J connectivity index is 0.000000180. The summed E-state index contributed by atoms with van der Waals surface area (Å²) >= 11 is 0. The van der Waals surface area contributed by atoms with E-state index in [9.17, 15) is 0 Å². The monoisotopic (exact) mass is 245 g/mol. The molecule has 2 aromatic rings. The summed E-state index contributed by atoms with van der Waals surface area (Å²) in [6.45, 7) is 3.46. The number of rotatable bonds is 2. The van der Waals surface area contributed by atoms with Gasteiger partial charge < -0.3 is 10.2 Å². The first-order valence-electron chi connectivity index (χ1n) is 5.93. The zero-order chi connectivity index (χ0) is 13.4. The van der Waals surface area contributed by atoms with E-state index < -0.39 is 6.10 Å². The third-order valence-corrected chi connectivity index (χ3v) is 2.40. The van der Waals surface area contributed by atoms with Gasteiger partial charge in [0, 0.05) is 6.20 Å². The third-order valence-electron chi connectivity index (χ3n) is 2.40. The van der Waals surface area contributed by atoms with E-state index in [1.165, 1.54) is 0 Å². The Hall–Kier alpha value is -1.71. The predicted molar refractivity (Wildman–Crippen MR) is 71.9 cm³/mol. The fourth-order valence-corrected chi connectivity index (χ4v) is 1.35. The van der Waals surface area contributed by atoms with Gasteiger partial charge in [0.2, 0.25) is 0 Å². The molecule has 2 unspecified atom stereocenters. The highest BCUT2D eigenvalue weighted by molar-refractivity contribution is 5.16. The lowest BCUT2D eigenvalue weighted by Gasteiger charge is -2.00. The zero-order valence-corrected chi connectivity index (χ0v) is 10.7. The van der Waals surface area contributed by atoms with Crippen molar-refractivity contribution in [3.05, 3.63) is 66.0 Å². The lowest BCUT2D eigenvalue weighted by Crippen LogP contribution is -1.92. The van der Waals surface area contributed by atoms with Crippen LogP contribution in [0.1, 0.15) is 37.3 Å². The summed E-state index contributed by atoms with van der Waals surface area (Å²) in [5.41, 5.74) is 1.69. The Labute approximate surface area is 108 Å². The second-order valence-corrected chi connectivity index (χ2v) is 4.02. The molecule has 1 heterocycles. The predicted octanol–water partition coefficient (Wildman–Crippen LogP) is 2.87. The van der Waals surface area contributed by atoms with Gasteiger partial charge in [-0.3, -0.25) is 4.98 Å². The van der Waals surface area contributed by atoms with Crippen molar-refractivity contribution in [2.75, 3.05) is 0 Å². The van der Waals surface area contributed by atoms with Gasteiger partial charge in [-0.25, -0.2) is 0 Å². The smallest absolute Gasteiger partial charge is 0.0931 e. The number of pyridine rings is 1. The van der Waals surface area contributed by atoms with Gasteiger partial charge in [-0.15, -0.1) is 0 Å². The number of benzene rings is 1. The van der Waals surface area contributed by atoms with Crippen molar-refractivity contribution in [2.24, 2.45) is 0 Å². The maximum atomic E-state index is 9.02. The minimum atomic E-state index is -0.453. The van der Waals surface area contributed by atoms with E-state index in [1.807, 2.05) is 42.5 Å². The molecule has 0 spiro atoms. The van der Waals surface area contributed by atoms with E-state index in [-0.39, 0.29) is 6.10 Å². The minimum absolute atomic E-state index is 0.341. The quantitative estimate of drug-likeness (QED) is 0.855. The molecule has 0 radical (unpaired) electrons. The second-order valence-electron chi connectivity index (χ2n) is 4.02. The van der Waals surface area contributed by atoms with E-state index in [0.29, 0.717) is 0 Å². The zero-order valence-electron chi connectivity index (χ0n) is 10.7. The van der Waals surface area contributed by atoms with Crippen molar-refractivity contribution in [2.45, 2.75) is 26.1 Å². The molecule has 3 nitrogen and oxygen atoms in total. The van der Waals surface area contributed by atoms with Crippen LogP contribution in [0.5, 0.6) is 0 Å². The van der Waals surface area contributed by atoms with Crippen molar-refractivity contribution in [3.8, 4) is 0 Å². The van der Waals surface area contributed by atoms with Gasteiger partial charge in [-0.1, -0.05) is 36.4 Å². The van der Waals surface area contributed by atoms with Gasteiger partial charge in [0.25, 0.3) is 0 Å². The largest absolute Gasteiger partial charge is 0.389 e. The van der Waals surface area contributed by atoms with Crippen molar-refractivity contribution in [3.63, 3.8) is 0 Å². The Morgan fingerprint density at radius 3 is 1.78 bits per heavy atom. The van der Waals surface area contributed by atoms with E-state index in [1.54, 1.807) is 26.1 Å². The molecule has 0 amide bonds. The molecule has 0 aliphatic carbocycles. The van der Waals surface area contributed by atoms with Crippen LogP contribution in [0.3, 0.4) is 0 Å². The summed E-state index contributed by atoms with van der Waals surface area (Å²) in [5, 5.41) is 18.0. The molecule has 0 saturated heterocycles. The lowest BCUT2D eigenvalue weighted by atomic mass is 10.1. The molecule has 3 heteroatoms. The molecule has 2 atom stereocenters. The van der Waals surface area contributed by atoms with Gasteiger partial charge in [-0.05, 0) is 31.5 Å². The van der Waals surface area contributed by atoms with Crippen LogP contribution in [-0.2, 0) is 0 Å². The summed E-state index contributed by atoms with van der Waals surface area (Å²) in [6, 6.07) is 15.1. The molecule has 0 saturated carbocycles. The summed E-state index contributed by atoms with van der Waals surface area (Å²) in [5.74, 6) is 0. The fraction of sp³-hybridized carbons (Fsp3) is 0.267. The van der Waals surface area contributed by atoms with Gasteiger partial charge in [-0.2, -0.15) is 0 Å². The molecular formula is C15H19NO2. The molecule has 2 rings (SSSR count). The normalized spacial score (nSPS) is 13.1. The van der Waals surface area contributed by atoms with Gasteiger partial charge in [0.05, 0.1) is 17.9 Å². The average molecular weight is 245 g/mol. The fourth-order valence-electron chi connectivity index (χ4n) is 1.35. The number of aliphatic hydroxyl groups is 2. The number of nitrogens with zero attached hydrogens (tertiary/aromatic N) is 1. The Morgan fingerprint density at radius 1 is 0.833 bits per heavy atom. The highest BCUT2D eigenvalue weighted by Gasteiger charge is 1.97. The molecule has 96 valence electrons. The maximum absolute atomic E-state index is 9.02. The van der Waals surface area contributed by atoms with E-state index >= 15 is 0 Å². The SMILES string of the molecule is CC(O)c1ccccc1.CC(O)c1ccccn1. The summed E-state index contributed by atoms with van der Waals surface area (Å²) < 4.78 is 0. The highest BCUT2D eigenvalue weighted by atomic mass is 16.3. The Morgan fingerprint density at radius 2 is 1.44 bits per heavy atom. The number of hydrogen-bond donors (Lipinski definition) is 2. The van der Waals surface area contributed by atoms with Gasteiger partial charge >= 0.3 is 0 Å². The molecule has 0 aliphatic rings. The van der Waals surface area contributed by atoms with Crippen molar-refractivity contribution in [1.29, 1.82) is 0 Å². The van der Waals surface area contributed by atoms with Crippen LogP contribution < -0.4 is 0 Å². The van der Waals surface area contributed by atoms with Crippen LogP contribution in [0.4, 0.5) is 0 Å². The molecule has 0 fully saturated rings. The maximum Gasteiger partial charge on any atom is 0.0931 e. The first kappa shape index (κ1) is 14.4. The standard InChI is InChI=1S/C8H10O.C7H9NO/c1-7(9)8-5-3-2-4-6-8;1-6(9)7-4-2-3-5-8-7/h2-7,9H,1H3;2-6,9H,1H3.